The molecule has 0 unspecified atom stereocenters. The number of hydrogen-bond donors (Lipinski definition) is 2. The molecule has 0 amide bonds. The van der Waals surface area contributed by atoms with Gasteiger partial charge in [-0.2, -0.15) is 0 Å². The molecular weight excluding hydrogens is 236 g/mol. The zero-order valence-electron chi connectivity index (χ0n) is 12.3. The Hall–Kier alpha value is -1.29. The minimum atomic E-state index is 0.425. The second-order valence-corrected chi connectivity index (χ2v) is 5.91. The summed E-state index contributed by atoms with van der Waals surface area (Å²) in [6, 6.07) is 2.55. The van der Waals surface area contributed by atoms with Gasteiger partial charge in [0.25, 0.3) is 0 Å². The number of nitrogens with two attached hydrogens (primary N) is 1. The van der Waals surface area contributed by atoms with Gasteiger partial charge in [0, 0.05) is 44.6 Å². The molecule has 4 heteroatoms. The van der Waals surface area contributed by atoms with E-state index in [0.29, 0.717) is 6.04 Å². The molecule has 1 aromatic heterocycles. The summed E-state index contributed by atoms with van der Waals surface area (Å²) >= 11 is 0. The van der Waals surface area contributed by atoms with Crippen LogP contribution in [0.4, 0.5) is 11.5 Å². The quantitative estimate of drug-likeness (QED) is 0.875. The number of anilines is 2. The smallest absolute Gasteiger partial charge is 0.127 e. The van der Waals surface area contributed by atoms with Crippen LogP contribution in [0, 0.1) is 12.8 Å². The largest absolute Gasteiger partial charge is 0.377 e. The number of nitrogens with zero attached hydrogens (tertiary/aromatic N) is 2. The van der Waals surface area contributed by atoms with Crippen LogP contribution in [0.3, 0.4) is 0 Å². The first-order valence-electron chi connectivity index (χ1n) is 7.19. The lowest BCUT2D eigenvalue weighted by Gasteiger charge is -2.26. The second kappa shape index (κ2) is 6.24. The number of hydrogen-bond acceptors (Lipinski definition) is 4. The highest BCUT2D eigenvalue weighted by Gasteiger charge is 2.18. The number of rotatable bonds is 4. The fourth-order valence-electron chi connectivity index (χ4n) is 2.73. The van der Waals surface area contributed by atoms with E-state index in [1.54, 1.807) is 0 Å². The molecule has 0 saturated heterocycles. The van der Waals surface area contributed by atoms with Crippen molar-refractivity contribution in [3.8, 4) is 0 Å². The highest BCUT2D eigenvalue weighted by molar-refractivity contribution is 5.57. The minimum Gasteiger partial charge on any atom is -0.377 e. The Labute approximate surface area is 116 Å². The lowest BCUT2D eigenvalue weighted by Crippen LogP contribution is -2.29. The van der Waals surface area contributed by atoms with E-state index in [0.717, 1.165) is 31.1 Å². The van der Waals surface area contributed by atoms with Crippen LogP contribution >= 0.6 is 0 Å². The van der Waals surface area contributed by atoms with E-state index in [1.165, 1.54) is 24.1 Å². The maximum absolute atomic E-state index is 5.94. The molecule has 106 valence electrons. The topological polar surface area (TPSA) is 54.2 Å². The summed E-state index contributed by atoms with van der Waals surface area (Å²) in [5.74, 6) is 1.72. The Morgan fingerprint density at radius 1 is 1.32 bits per heavy atom. The molecule has 0 radical (unpaired) electrons. The fraction of sp³-hybridized carbons (Fsp3) is 0.667. The van der Waals surface area contributed by atoms with E-state index < -0.39 is 0 Å². The van der Waals surface area contributed by atoms with Crippen molar-refractivity contribution in [2.75, 3.05) is 30.9 Å². The first-order chi connectivity index (χ1) is 9.06. The van der Waals surface area contributed by atoms with Crippen molar-refractivity contribution >= 4 is 11.5 Å². The third kappa shape index (κ3) is 3.83. The Morgan fingerprint density at radius 3 is 2.63 bits per heavy atom. The van der Waals surface area contributed by atoms with Crippen LogP contribution in [0.2, 0.25) is 0 Å². The molecule has 2 rings (SSSR count). The van der Waals surface area contributed by atoms with Gasteiger partial charge >= 0.3 is 0 Å². The molecule has 0 aromatic carbocycles. The molecule has 3 N–H and O–H groups in total. The number of nitrogens with one attached hydrogen (secondary N) is 1. The van der Waals surface area contributed by atoms with E-state index in [2.05, 4.69) is 42.3 Å². The van der Waals surface area contributed by atoms with E-state index in [4.69, 9.17) is 5.73 Å². The van der Waals surface area contributed by atoms with Crippen molar-refractivity contribution in [2.45, 2.75) is 38.6 Å². The Balaban J connectivity index is 1.91. The van der Waals surface area contributed by atoms with Crippen molar-refractivity contribution < 1.29 is 0 Å². The van der Waals surface area contributed by atoms with E-state index >= 15 is 0 Å². The first-order valence-corrected chi connectivity index (χ1v) is 7.19. The normalized spacial score (nSPS) is 23.2. The summed E-state index contributed by atoms with van der Waals surface area (Å²) in [6.45, 7) is 3.10. The summed E-state index contributed by atoms with van der Waals surface area (Å²) in [5.41, 5.74) is 8.37. The SMILES string of the molecule is Cc1cnc(NC[C@H]2CC[C@@H](N)CC2)cc1N(C)C. The van der Waals surface area contributed by atoms with Crippen LogP contribution in [0.1, 0.15) is 31.2 Å². The van der Waals surface area contributed by atoms with Crippen LogP contribution in [-0.4, -0.2) is 31.7 Å². The van der Waals surface area contributed by atoms with Crippen LogP contribution in [0.15, 0.2) is 12.3 Å². The average molecular weight is 262 g/mol. The molecule has 1 fully saturated rings. The molecule has 0 aliphatic heterocycles. The number of aromatic nitrogens is 1. The van der Waals surface area contributed by atoms with Gasteiger partial charge in [-0.05, 0) is 44.1 Å². The monoisotopic (exact) mass is 262 g/mol. The molecule has 1 aliphatic rings. The third-order valence-electron chi connectivity index (χ3n) is 4.02. The van der Waals surface area contributed by atoms with Crippen molar-refractivity contribution in [1.82, 2.24) is 4.98 Å². The number of pyridine rings is 1. The summed E-state index contributed by atoms with van der Waals surface area (Å²) in [5, 5.41) is 3.47. The van der Waals surface area contributed by atoms with E-state index in [9.17, 15) is 0 Å². The molecule has 0 spiro atoms. The van der Waals surface area contributed by atoms with Gasteiger partial charge in [-0.1, -0.05) is 0 Å². The summed E-state index contributed by atoms with van der Waals surface area (Å²) in [4.78, 5) is 6.59. The van der Waals surface area contributed by atoms with E-state index in [-0.39, 0.29) is 0 Å². The summed E-state index contributed by atoms with van der Waals surface area (Å²) < 4.78 is 0. The maximum Gasteiger partial charge on any atom is 0.127 e. The Morgan fingerprint density at radius 2 is 2.00 bits per heavy atom. The molecule has 0 bridgehead atoms. The van der Waals surface area contributed by atoms with Crippen molar-refractivity contribution in [3.05, 3.63) is 17.8 Å². The summed E-state index contributed by atoms with van der Waals surface area (Å²) in [6.07, 6.45) is 6.74. The highest BCUT2D eigenvalue weighted by atomic mass is 15.1. The predicted octanol–water partition coefficient (Wildman–Crippen LogP) is 2.39. The van der Waals surface area contributed by atoms with Crippen LogP contribution in [0.5, 0.6) is 0 Å². The highest BCUT2D eigenvalue weighted by Crippen LogP contribution is 2.24. The summed E-state index contributed by atoms with van der Waals surface area (Å²) in [7, 11) is 4.13. The molecule has 4 nitrogen and oxygen atoms in total. The van der Waals surface area contributed by atoms with Crippen molar-refractivity contribution in [1.29, 1.82) is 0 Å². The van der Waals surface area contributed by atoms with Crippen LogP contribution < -0.4 is 16.0 Å². The molecule has 0 atom stereocenters. The van der Waals surface area contributed by atoms with Gasteiger partial charge in [0.15, 0.2) is 0 Å². The van der Waals surface area contributed by atoms with Crippen molar-refractivity contribution in [3.63, 3.8) is 0 Å². The maximum atomic E-state index is 5.94. The second-order valence-electron chi connectivity index (χ2n) is 5.91. The molecule has 19 heavy (non-hydrogen) atoms. The van der Waals surface area contributed by atoms with Gasteiger partial charge in [-0.15, -0.1) is 0 Å². The molecule has 1 heterocycles. The molecule has 1 aliphatic carbocycles. The lowest BCUT2D eigenvalue weighted by atomic mass is 9.86. The molecule has 1 aromatic rings. The lowest BCUT2D eigenvalue weighted by molar-refractivity contribution is 0.338. The van der Waals surface area contributed by atoms with Gasteiger partial charge < -0.3 is 16.0 Å². The van der Waals surface area contributed by atoms with Gasteiger partial charge in [0.05, 0.1) is 0 Å². The third-order valence-corrected chi connectivity index (χ3v) is 4.02. The number of aryl methyl sites for hydroxylation is 1. The Kier molecular flexibility index (Phi) is 4.64. The van der Waals surface area contributed by atoms with Crippen LogP contribution in [0.25, 0.3) is 0 Å². The van der Waals surface area contributed by atoms with E-state index in [1.807, 2.05) is 6.20 Å². The van der Waals surface area contributed by atoms with Gasteiger partial charge in [0.2, 0.25) is 0 Å². The predicted molar refractivity (Wildman–Crippen MR) is 81.7 cm³/mol. The van der Waals surface area contributed by atoms with Gasteiger partial charge in [-0.3, -0.25) is 0 Å². The Bertz CT molecular complexity index is 409. The van der Waals surface area contributed by atoms with Crippen molar-refractivity contribution in [2.24, 2.45) is 11.7 Å². The zero-order chi connectivity index (χ0) is 13.8. The molecular formula is C15H26N4. The zero-order valence-corrected chi connectivity index (χ0v) is 12.3. The van der Waals surface area contributed by atoms with Gasteiger partial charge in [-0.25, -0.2) is 4.98 Å². The minimum absolute atomic E-state index is 0.425. The first kappa shape index (κ1) is 14.1. The van der Waals surface area contributed by atoms with Crippen LogP contribution in [-0.2, 0) is 0 Å². The average Bonchev–Trinajstić information content (AvgIpc) is 2.39. The fourth-order valence-corrected chi connectivity index (χ4v) is 2.73. The molecule has 1 saturated carbocycles. The van der Waals surface area contributed by atoms with Gasteiger partial charge in [0.1, 0.15) is 5.82 Å². The standard InChI is InChI=1S/C15H26N4/c1-11-9-17-15(8-14(11)19(2)3)18-10-12-4-6-13(16)7-5-12/h8-9,12-13H,4-7,10,16H2,1-3H3,(H,17,18)/t12-,13+.